The number of nitrogens with zero attached hydrogens (tertiary/aromatic N) is 1. The fourth-order valence-corrected chi connectivity index (χ4v) is 2.60. The molecule has 2 unspecified atom stereocenters. The first kappa shape index (κ1) is 12.3. The second kappa shape index (κ2) is 5.99. The Kier molecular flexibility index (Phi) is 5.28. The Balaban J connectivity index is 2.20. The van der Waals surface area contributed by atoms with Crippen molar-refractivity contribution < 1.29 is 0 Å². The molecule has 14 heavy (non-hydrogen) atoms. The predicted molar refractivity (Wildman–Crippen MR) is 66.0 cm³/mol. The molecule has 1 fully saturated rings. The van der Waals surface area contributed by atoms with Crippen LogP contribution < -0.4 is 5.32 Å². The van der Waals surface area contributed by atoms with E-state index in [4.69, 9.17) is 0 Å². The number of hydrogen-bond acceptors (Lipinski definition) is 3. The average molecular weight is 216 g/mol. The molecule has 1 rings (SSSR count). The van der Waals surface area contributed by atoms with Crippen LogP contribution in [0.3, 0.4) is 0 Å². The van der Waals surface area contributed by atoms with Crippen molar-refractivity contribution >= 4 is 11.8 Å². The summed E-state index contributed by atoms with van der Waals surface area (Å²) in [6, 6.07) is 0.709. The molecule has 1 heterocycles. The molecule has 0 amide bonds. The van der Waals surface area contributed by atoms with Gasteiger partial charge in [-0.25, -0.2) is 0 Å². The van der Waals surface area contributed by atoms with Crippen LogP contribution >= 0.6 is 11.8 Å². The van der Waals surface area contributed by atoms with Crippen molar-refractivity contribution in [2.75, 3.05) is 38.7 Å². The molecule has 1 aliphatic rings. The van der Waals surface area contributed by atoms with Crippen molar-refractivity contribution in [3.63, 3.8) is 0 Å². The molecular formula is C11H24N2S. The molecule has 0 radical (unpaired) electrons. The fraction of sp³-hybridized carbons (Fsp3) is 1.00. The maximum atomic E-state index is 3.35. The topological polar surface area (TPSA) is 15.3 Å². The zero-order valence-corrected chi connectivity index (χ0v) is 10.7. The van der Waals surface area contributed by atoms with Crippen LogP contribution in [0.4, 0.5) is 0 Å². The second-order valence-electron chi connectivity index (χ2n) is 4.64. The summed E-state index contributed by atoms with van der Waals surface area (Å²) in [5.74, 6) is 3.00. The number of hydrogen-bond donors (Lipinski definition) is 1. The highest BCUT2D eigenvalue weighted by Crippen LogP contribution is 2.17. The van der Waals surface area contributed by atoms with Crippen molar-refractivity contribution in [3.05, 3.63) is 0 Å². The highest BCUT2D eigenvalue weighted by atomic mass is 32.2. The molecule has 3 heteroatoms. The minimum atomic E-state index is 0.709. The summed E-state index contributed by atoms with van der Waals surface area (Å²) in [7, 11) is 2.25. The standard InChI is InChI=1S/C11H24N2S/c1-9(11-5-12-6-11)7-13(3)10(2)8-14-4/h9-12H,5-8H2,1-4H3. The van der Waals surface area contributed by atoms with Gasteiger partial charge in [-0.3, -0.25) is 0 Å². The SMILES string of the molecule is CSCC(C)N(C)CC(C)C1CNC1. The van der Waals surface area contributed by atoms with E-state index in [9.17, 15) is 0 Å². The first-order valence-corrected chi connectivity index (χ1v) is 6.94. The summed E-state index contributed by atoms with van der Waals surface area (Å²) in [4.78, 5) is 2.50. The third-order valence-electron chi connectivity index (χ3n) is 3.35. The lowest BCUT2D eigenvalue weighted by Crippen LogP contribution is -2.48. The van der Waals surface area contributed by atoms with Gasteiger partial charge in [0.05, 0.1) is 0 Å². The summed E-state index contributed by atoms with van der Waals surface area (Å²) >= 11 is 1.94. The van der Waals surface area contributed by atoms with Crippen LogP contribution in [0, 0.1) is 11.8 Å². The van der Waals surface area contributed by atoms with Gasteiger partial charge in [-0.1, -0.05) is 6.92 Å². The molecule has 0 aromatic rings. The molecule has 0 aromatic heterocycles. The van der Waals surface area contributed by atoms with Crippen molar-refractivity contribution in [2.24, 2.45) is 11.8 Å². The average Bonchev–Trinajstić information content (AvgIpc) is 2.00. The van der Waals surface area contributed by atoms with Gasteiger partial charge in [0.2, 0.25) is 0 Å². The highest BCUT2D eigenvalue weighted by molar-refractivity contribution is 7.98. The Hall–Kier alpha value is 0.270. The monoisotopic (exact) mass is 216 g/mol. The summed E-state index contributed by atoms with van der Waals surface area (Å²) in [6.07, 6.45) is 2.18. The Morgan fingerprint density at radius 2 is 2.07 bits per heavy atom. The smallest absolute Gasteiger partial charge is 0.0155 e. The van der Waals surface area contributed by atoms with Crippen LogP contribution in [0.15, 0.2) is 0 Å². The Labute approximate surface area is 92.8 Å². The first-order chi connectivity index (χ1) is 6.65. The summed E-state index contributed by atoms with van der Waals surface area (Å²) in [5.41, 5.74) is 0. The molecule has 1 saturated heterocycles. The van der Waals surface area contributed by atoms with Gasteiger partial charge in [0.25, 0.3) is 0 Å². The van der Waals surface area contributed by atoms with E-state index in [1.165, 1.54) is 25.4 Å². The third kappa shape index (κ3) is 3.44. The Morgan fingerprint density at radius 1 is 1.43 bits per heavy atom. The summed E-state index contributed by atoms with van der Waals surface area (Å²) < 4.78 is 0. The van der Waals surface area contributed by atoms with E-state index < -0.39 is 0 Å². The predicted octanol–water partition coefficient (Wildman–Crippen LogP) is 1.53. The molecule has 0 spiro atoms. The molecule has 0 aromatic carbocycles. The van der Waals surface area contributed by atoms with Crippen LogP contribution in [0.25, 0.3) is 0 Å². The minimum Gasteiger partial charge on any atom is -0.316 e. The van der Waals surface area contributed by atoms with Gasteiger partial charge in [-0.15, -0.1) is 0 Å². The number of rotatable bonds is 6. The van der Waals surface area contributed by atoms with E-state index in [1.54, 1.807) is 0 Å². The lowest BCUT2D eigenvalue weighted by atomic mass is 9.88. The largest absolute Gasteiger partial charge is 0.316 e. The van der Waals surface area contributed by atoms with Crippen molar-refractivity contribution in [1.82, 2.24) is 10.2 Å². The maximum Gasteiger partial charge on any atom is 0.0155 e. The van der Waals surface area contributed by atoms with Gasteiger partial charge in [0, 0.05) is 18.3 Å². The van der Waals surface area contributed by atoms with Gasteiger partial charge in [-0.05, 0) is 45.2 Å². The lowest BCUT2D eigenvalue weighted by Gasteiger charge is -2.36. The van der Waals surface area contributed by atoms with Gasteiger partial charge in [-0.2, -0.15) is 11.8 Å². The number of thioether (sulfide) groups is 1. The Bertz CT molecular complexity index is 159. The molecule has 0 aliphatic carbocycles. The van der Waals surface area contributed by atoms with Gasteiger partial charge in [0.15, 0.2) is 0 Å². The van der Waals surface area contributed by atoms with Crippen LogP contribution in [-0.4, -0.2) is 49.6 Å². The van der Waals surface area contributed by atoms with Crippen LogP contribution in [0.1, 0.15) is 13.8 Å². The van der Waals surface area contributed by atoms with Crippen LogP contribution in [0.2, 0.25) is 0 Å². The maximum absolute atomic E-state index is 3.35. The van der Waals surface area contributed by atoms with E-state index >= 15 is 0 Å². The Morgan fingerprint density at radius 3 is 2.50 bits per heavy atom. The van der Waals surface area contributed by atoms with Crippen LogP contribution in [0.5, 0.6) is 0 Å². The minimum absolute atomic E-state index is 0.709. The molecular weight excluding hydrogens is 192 g/mol. The summed E-state index contributed by atoms with van der Waals surface area (Å²) in [6.45, 7) is 8.40. The van der Waals surface area contributed by atoms with Crippen molar-refractivity contribution in [1.29, 1.82) is 0 Å². The van der Waals surface area contributed by atoms with Gasteiger partial charge >= 0.3 is 0 Å². The quantitative estimate of drug-likeness (QED) is 0.725. The molecule has 0 bridgehead atoms. The molecule has 84 valence electrons. The van der Waals surface area contributed by atoms with E-state index in [1.807, 2.05) is 11.8 Å². The zero-order chi connectivity index (χ0) is 10.6. The van der Waals surface area contributed by atoms with Gasteiger partial charge < -0.3 is 10.2 Å². The summed E-state index contributed by atoms with van der Waals surface area (Å²) in [5, 5.41) is 3.35. The molecule has 2 nitrogen and oxygen atoms in total. The molecule has 1 N–H and O–H groups in total. The first-order valence-electron chi connectivity index (χ1n) is 5.55. The zero-order valence-electron chi connectivity index (χ0n) is 9.92. The van der Waals surface area contributed by atoms with E-state index in [0.717, 1.165) is 11.8 Å². The molecule has 1 aliphatic heterocycles. The van der Waals surface area contributed by atoms with E-state index in [2.05, 4.69) is 37.4 Å². The van der Waals surface area contributed by atoms with Gasteiger partial charge in [0.1, 0.15) is 0 Å². The fourth-order valence-electron chi connectivity index (χ4n) is 1.87. The van der Waals surface area contributed by atoms with Crippen molar-refractivity contribution in [2.45, 2.75) is 19.9 Å². The second-order valence-corrected chi connectivity index (χ2v) is 5.55. The third-order valence-corrected chi connectivity index (χ3v) is 4.17. The molecule has 2 atom stereocenters. The normalized spacial score (nSPS) is 22.1. The molecule has 0 saturated carbocycles. The van der Waals surface area contributed by atoms with Crippen LogP contribution in [-0.2, 0) is 0 Å². The van der Waals surface area contributed by atoms with E-state index in [-0.39, 0.29) is 0 Å². The van der Waals surface area contributed by atoms with Crippen molar-refractivity contribution in [3.8, 4) is 0 Å². The number of nitrogens with one attached hydrogen (secondary N) is 1. The van der Waals surface area contributed by atoms with E-state index in [0.29, 0.717) is 6.04 Å². The highest BCUT2D eigenvalue weighted by Gasteiger charge is 2.25. The lowest BCUT2D eigenvalue weighted by molar-refractivity contribution is 0.167.